The summed E-state index contributed by atoms with van der Waals surface area (Å²) in [5.74, 6) is 1.17. The number of carbonyl (C=O) groups is 1. The number of amides is 1. The van der Waals surface area contributed by atoms with Crippen molar-refractivity contribution in [1.82, 2.24) is 10.5 Å². The second-order valence-electron chi connectivity index (χ2n) is 5.37. The van der Waals surface area contributed by atoms with Crippen LogP contribution in [0.15, 0.2) is 10.6 Å². The van der Waals surface area contributed by atoms with E-state index in [-0.39, 0.29) is 11.3 Å². The second kappa shape index (κ2) is 3.84. The highest BCUT2D eigenvalue weighted by Gasteiger charge is 2.34. The fraction of sp³-hybridized carbons (Fsp3) is 0.667. The molecule has 2 heterocycles. The van der Waals surface area contributed by atoms with Gasteiger partial charge in [-0.2, -0.15) is 0 Å². The van der Waals surface area contributed by atoms with Gasteiger partial charge in [0.2, 0.25) is 0 Å². The topological polar surface area (TPSA) is 64.4 Å². The zero-order valence-electron chi connectivity index (χ0n) is 9.86. The van der Waals surface area contributed by atoms with E-state index in [1.54, 1.807) is 6.07 Å². The van der Waals surface area contributed by atoms with Gasteiger partial charge in [0.1, 0.15) is 5.76 Å². The molecule has 0 aromatic carbocycles. The minimum Gasteiger partial charge on any atom is -0.380 e. The average molecular weight is 236 g/mol. The van der Waals surface area contributed by atoms with Crippen molar-refractivity contribution >= 4 is 5.91 Å². The van der Waals surface area contributed by atoms with Crippen molar-refractivity contribution in [3.8, 4) is 0 Å². The quantitative estimate of drug-likeness (QED) is 0.856. The molecule has 1 aromatic heterocycles. The summed E-state index contributed by atoms with van der Waals surface area (Å²) in [6, 6.07) is 1.76. The fourth-order valence-corrected chi connectivity index (χ4v) is 1.89. The first-order valence-electron chi connectivity index (χ1n) is 5.99. The lowest BCUT2D eigenvalue weighted by molar-refractivity contribution is -0.0978. The maximum atomic E-state index is 11.8. The van der Waals surface area contributed by atoms with Crippen molar-refractivity contribution in [2.24, 2.45) is 5.41 Å². The van der Waals surface area contributed by atoms with Gasteiger partial charge >= 0.3 is 0 Å². The predicted molar refractivity (Wildman–Crippen MR) is 59.7 cm³/mol. The molecule has 0 radical (unpaired) electrons. The number of nitrogens with zero attached hydrogens (tertiary/aromatic N) is 1. The van der Waals surface area contributed by atoms with Gasteiger partial charge in [0, 0.05) is 23.9 Å². The van der Waals surface area contributed by atoms with Crippen LogP contribution in [0, 0.1) is 5.41 Å². The van der Waals surface area contributed by atoms with E-state index in [0.29, 0.717) is 31.4 Å². The van der Waals surface area contributed by atoms with E-state index >= 15 is 0 Å². The number of ether oxygens (including phenoxy) is 1. The molecule has 0 bridgehead atoms. The van der Waals surface area contributed by atoms with E-state index in [1.165, 1.54) is 0 Å². The normalized spacial score (nSPS) is 21.9. The smallest absolute Gasteiger partial charge is 0.273 e. The molecule has 3 rings (SSSR count). The Hall–Kier alpha value is -1.36. The molecule has 0 atom stereocenters. The summed E-state index contributed by atoms with van der Waals surface area (Å²) in [5, 5.41) is 6.68. The van der Waals surface area contributed by atoms with Gasteiger partial charge in [-0.1, -0.05) is 12.1 Å². The Balaban J connectivity index is 1.57. The first kappa shape index (κ1) is 10.8. The Morgan fingerprint density at radius 2 is 2.35 bits per heavy atom. The number of nitrogens with one attached hydrogen (secondary N) is 1. The van der Waals surface area contributed by atoms with Crippen LogP contribution in [0.1, 0.15) is 41.9 Å². The lowest BCUT2D eigenvalue weighted by atomic mass is 9.89. The SMILES string of the molecule is CC1(CNC(=O)c2cc(C3CC3)on2)COC1. The Morgan fingerprint density at radius 1 is 1.59 bits per heavy atom. The van der Waals surface area contributed by atoms with Crippen LogP contribution in [0.3, 0.4) is 0 Å². The van der Waals surface area contributed by atoms with Crippen LogP contribution in [0.2, 0.25) is 0 Å². The van der Waals surface area contributed by atoms with Gasteiger partial charge in [0.25, 0.3) is 5.91 Å². The molecule has 5 nitrogen and oxygen atoms in total. The molecule has 1 aliphatic heterocycles. The fourth-order valence-electron chi connectivity index (χ4n) is 1.89. The molecule has 1 aromatic rings. The summed E-state index contributed by atoms with van der Waals surface area (Å²) in [6.07, 6.45) is 2.29. The Labute approximate surface area is 99.5 Å². The van der Waals surface area contributed by atoms with Crippen LogP contribution >= 0.6 is 0 Å². The second-order valence-corrected chi connectivity index (χ2v) is 5.37. The molecule has 2 aliphatic rings. The molecule has 1 aliphatic carbocycles. The minimum absolute atomic E-state index is 0.0821. The van der Waals surface area contributed by atoms with Crippen molar-refractivity contribution < 1.29 is 14.1 Å². The van der Waals surface area contributed by atoms with E-state index in [0.717, 1.165) is 18.6 Å². The van der Waals surface area contributed by atoms with Crippen LogP contribution < -0.4 is 5.32 Å². The third-order valence-electron chi connectivity index (χ3n) is 3.32. The molecular formula is C12H16N2O3. The zero-order chi connectivity index (χ0) is 11.9. The Morgan fingerprint density at radius 3 is 2.94 bits per heavy atom. The third kappa shape index (κ3) is 2.20. The molecule has 2 fully saturated rings. The summed E-state index contributed by atoms with van der Waals surface area (Å²) in [7, 11) is 0. The van der Waals surface area contributed by atoms with Crippen molar-refractivity contribution in [1.29, 1.82) is 0 Å². The summed E-state index contributed by atoms with van der Waals surface area (Å²) in [4.78, 5) is 11.8. The molecule has 1 saturated heterocycles. The highest BCUT2D eigenvalue weighted by molar-refractivity contribution is 5.92. The monoisotopic (exact) mass is 236 g/mol. The summed E-state index contributed by atoms with van der Waals surface area (Å²) in [5.41, 5.74) is 0.467. The Kier molecular flexibility index (Phi) is 2.43. The molecule has 5 heteroatoms. The van der Waals surface area contributed by atoms with E-state index in [1.807, 2.05) is 0 Å². The van der Waals surface area contributed by atoms with Gasteiger partial charge in [-0.25, -0.2) is 0 Å². The van der Waals surface area contributed by atoms with Crippen LogP contribution in [0.4, 0.5) is 0 Å². The van der Waals surface area contributed by atoms with E-state index in [2.05, 4.69) is 17.4 Å². The van der Waals surface area contributed by atoms with Gasteiger partial charge in [0.15, 0.2) is 5.69 Å². The molecule has 1 amide bonds. The molecular weight excluding hydrogens is 220 g/mol. The lowest BCUT2D eigenvalue weighted by Gasteiger charge is -2.37. The third-order valence-corrected chi connectivity index (χ3v) is 3.32. The molecule has 0 spiro atoms. The van der Waals surface area contributed by atoms with E-state index in [4.69, 9.17) is 9.26 Å². The van der Waals surface area contributed by atoms with Crippen LogP contribution in [-0.4, -0.2) is 30.8 Å². The number of hydrogen-bond donors (Lipinski definition) is 1. The zero-order valence-corrected chi connectivity index (χ0v) is 9.86. The van der Waals surface area contributed by atoms with Gasteiger partial charge in [0.05, 0.1) is 13.2 Å². The van der Waals surface area contributed by atoms with Gasteiger partial charge in [-0.15, -0.1) is 0 Å². The molecule has 92 valence electrons. The largest absolute Gasteiger partial charge is 0.380 e. The molecule has 1 N–H and O–H groups in total. The average Bonchev–Trinajstić information content (AvgIpc) is 3.02. The minimum atomic E-state index is -0.159. The van der Waals surface area contributed by atoms with Gasteiger partial charge in [-0.05, 0) is 12.8 Å². The van der Waals surface area contributed by atoms with Crippen LogP contribution in [-0.2, 0) is 4.74 Å². The number of hydrogen-bond acceptors (Lipinski definition) is 4. The summed E-state index contributed by atoms with van der Waals surface area (Å²) >= 11 is 0. The molecule has 0 unspecified atom stereocenters. The van der Waals surface area contributed by atoms with E-state index < -0.39 is 0 Å². The molecule has 1 saturated carbocycles. The first-order chi connectivity index (χ1) is 8.16. The highest BCUT2D eigenvalue weighted by atomic mass is 16.5. The van der Waals surface area contributed by atoms with Crippen molar-refractivity contribution in [3.63, 3.8) is 0 Å². The highest BCUT2D eigenvalue weighted by Crippen LogP contribution is 2.40. The maximum Gasteiger partial charge on any atom is 0.273 e. The summed E-state index contributed by atoms with van der Waals surface area (Å²) < 4.78 is 10.3. The maximum absolute atomic E-state index is 11.8. The number of aromatic nitrogens is 1. The van der Waals surface area contributed by atoms with Crippen LogP contribution in [0.5, 0.6) is 0 Å². The predicted octanol–water partition coefficient (Wildman–Crippen LogP) is 1.32. The first-order valence-corrected chi connectivity index (χ1v) is 5.99. The van der Waals surface area contributed by atoms with E-state index in [9.17, 15) is 4.79 Å². The van der Waals surface area contributed by atoms with Crippen molar-refractivity contribution in [2.75, 3.05) is 19.8 Å². The van der Waals surface area contributed by atoms with Crippen molar-refractivity contribution in [2.45, 2.75) is 25.7 Å². The van der Waals surface area contributed by atoms with Gasteiger partial charge < -0.3 is 14.6 Å². The van der Waals surface area contributed by atoms with Gasteiger partial charge in [-0.3, -0.25) is 4.79 Å². The Bertz CT molecular complexity index is 433. The molecule has 17 heavy (non-hydrogen) atoms. The lowest BCUT2D eigenvalue weighted by Crippen LogP contribution is -2.48. The van der Waals surface area contributed by atoms with Crippen LogP contribution in [0.25, 0.3) is 0 Å². The van der Waals surface area contributed by atoms with Crippen molar-refractivity contribution in [3.05, 3.63) is 17.5 Å². The number of rotatable bonds is 4. The standard InChI is InChI=1S/C12H16N2O3/c1-12(6-16-7-12)5-13-11(15)9-4-10(17-14-9)8-2-3-8/h4,8H,2-3,5-7H2,1H3,(H,13,15). The summed E-state index contributed by atoms with van der Waals surface area (Å²) in [6.45, 7) is 4.13. The number of carbonyl (C=O) groups excluding carboxylic acids is 1.